The number of amides is 2. The highest BCUT2D eigenvalue weighted by Crippen LogP contribution is 2.29. The summed E-state index contributed by atoms with van der Waals surface area (Å²) in [6, 6.07) is 15.2. The van der Waals surface area contributed by atoms with Crippen molar-refractivity contribution in [3.8, 4) is 11.3 Å². The standard InChI is InChI=1S/C23H17FN4O2S2/c1-15(29)28(19-5-3-2-4-6-19)23-25-18(13-32-23)11-12-21(30)27-22-26-20(14-31-22)16-7-9-17(24)10-8-16/h2-14H,1H3,(H,26,27,30)/b12-11+. The average molecular weight is 465 g/mol. The van der Waals surface area contributed by atoms with Crippen molar-refractivity contribution in [1.29, 1.82) is 0 Å². The first-order chi connectivity index (χ1) is 15.5. The highest BCUT2D eigenvalue weighted by Gasteiger charge is 2.17. The monoisotopic (exact) mass is 464 g/mol. The summed E-state index contributed by atoms with van der Waals surface area (Å²) >= 11 is 2.59. The second-order valence-electron chi connectivity index (χ2n) is 6.61. The number of thiazole rings is 2. The van der Waals surface area contributed by atoms with Gasteiger partial charge in [0.15, 0.2) is 10.3 Å². The molecule has 4 rings (SSSR count). The number of para-hydroxylation sites is 1. The van der Waals surface area contributed by atoms with Crippen LogP contribution in [0.15, 0.2) is 71.4 Å². The summed E-state index contributed by atoms with van der Waals surface area (Å²) in [7, 11) is 0. The van der Waals surface area contributed by atoms with Gasteiger partial charge in [-0.1, -0.05) is 18.2 Å². The van der Waals surface area contributed by atoms with E-state index < -0.39 is 0 Å². The van der Waals surface area contributed by atoms with Gasteiger partial charge >= 0.3 is 0 Å². The van der Waals surface area contributed by atoms with Crippen LogP contribution in [0.2, 0.25) is 0 Å². The van der Waals surface area contributed by atoms with Crippen molar-refractivity contribution >= 4 is 56.5 Å². The minimum Gasteiger partial charge on any atom is -0.298 e. The summed E-state index contributed by atoms with van der Waals surface area (Å²) in [4.78, 5) is 34.7. The van der Waals surface area contributed by atoms with Crippen LogP contribution in [0.25, 0.3) is 17.3 Å². The minimum atomic E-state index is -0.356. The quantitative estimate of drug-likeness (QED) is 0.369. The van der Waals surface area contributed by atoms with Gasteiger partial charge in [0.1, 0.15) is 5.82 Å². The molecule has 0 aliphatic rings. The van der Waals surface area contributed by atoms with E-state index in [0.717, 1.165) is 11.3 Å². The molecule has 0 saturated carbocycles. The number of rotatable bonds is 6. The number of nitrogens with zero attached hydrogens (tertiary/aromatic N) is 3. The van der Waals surface area contributed by atoms with Crippen molar-refractivity contribution < 1.29 is 14.0 Å². The summed E-state index contributed by atoms with van der Waals surface area (Å²) < 4.78 is 13.1. The first-order valence-electron chi connectivity index (χ1n) is 9.51. The van der Waals surface area contributed by atoms with Crippen molar-refractivity contribution in [3.63, 3.8) is 0 Å². The predicted octanol–water partition coefficient (Wildman–Crippen LogP) is 5.74. The number of halogens is 1. The summed E-state index contributed by atoms with van der Waals surface area (Å²) in [5, 5.41) is 7.22. The van der Waals surface area contributed by atoms with Gasteiger partial charge in [0.25, 0.3) is 0 Å². The van der Waals surface area contributed by atoms with Crippen LogP contribution in [-0.4, -0.2) is 21.8 Å². The third-order valence-corrected chi connectivity index (χ3v) is 5.91. The highest BCUT2D eigenvalue weighted by atomic mass is 32.1. The van der Waals surface area contributed by atoms with Gasteiger partial charge in [-0.15, -0.1) is 22.7 Å². The summed E-state index contributed by atoms with van der Waals surface area (Å²) in [6.45, 7) is 1.48. The molecule has 6 nitrogen and oxygen atoms in total. The molecule has 0 aliphatic carbocycles. The zero-order valence-electron chi connectivity index (χ0n) is 16.9. The number of hydrogen-bond acceptors (Lipinski definition) is 6. The number of anilines is 3. The van der Waals surface area contributed by atoms with Crippen LogP contribution in [0, 0.1) is 5.82 Å². The van der Waals surface area contributed by atoms with Gasteiger partial charge < -0.3 is 0 Å². The van der Waals surface area contributed by atoms with Gasteiger partial charge in [-0.2, -0.15) is 0 Å². The lowest BCUT2D eigenvalue weighted by molar-refractivity contribution is -0.116. The maximum atomic E-state index is 13.1. The number of hydrogen-bond donors (Lipinski definition) is 1. The first-order valence-corrected chi connectivity index (χ1v) is 11.3. The van der Waals surface area contributed by atoms with Crippen molar-refractivity contribution in [3.05, 3.63) is 82.9 Å². The Morgan fingerprint density at radius 2 is 1.75 bits per heavy atom. The number of aromatic nitrogens is 2. The van der Waals surface area contributed by atoms with E-state index in [4.69, 9.17) is 0 Å². The van der Waals surface area contributed by atoms with Gasteiger partial charge in [0.2, 0.25) is 11.8 Å². The second kappa shape index (κ2) is 9.63. The van der Waals surface area contributed by atoms with E-state index in [2.05, 4.69) is 15.3 Å². The maximum absolute atomic E-state index is 13.1. The van der Waals surface area contributed by atoms with Crippen LogP contribution in [0.5, 0.6) is 0 Å². The van der Waals surface area contributed by atoms with Gasteiger partial charge in [0, 0.05) is 29.3 Å². The Morgan fingerprint density at radius 3 is 2.47 bits per heavy atom. The molecular formula is C23H17FN4O2S2. The van der Waals surface area contributed by atoms with Crippen LogP contribution in [-0.2, 0) is 9.59 Å². The summed E-state index contributed by atoms with van der Waals surface area (Å²) in [5.41, 5.74) is 2.71. The highest BCUT2D eigenvalue weighted by molar-refractivity contribution is 7.14. The molecule has 4 aromatic rings. The van der Waals surface area contributed by atoms with Gasteiger partial charge in [-0.3, -0.25) is 19.8 Å². The van der Waals surface area contributed by atoms with E-state index >= 15 is 0 Å². The van der Waals surface area contributed by atoms with E-state index in [-0.39, 0.29) is 17.6 Å². The minimum absolute atomic E-state index is 0.153. The van der Waals surface area contributed by atoms with E-state index in [0.29, 0.717) is 21.7 Å². The van der Waals surface area contributed by atoms with Crippen LogP contribution in [0.1, 0.15) is 12.6 Å². The molecule has 0 bridgehead atoms. The summed E-state index contributed by atoms with van der Waals surface area (Å²) in [5.74, 6) is -0.825. The molecule has 2 heterocycles. The van der Waals surface area contributed by atoms with Gasteiger partial charge in [-0.25, -0.2) is 14.4 Å². The fourth-order valence-electron chi connectivity index (χ4n) is 2.85. The van der Waals surface area contributed by atoms with Crippen molar-refractivity contribution in [2.24, 2.45) is 0 Å². The lowest BCUT2D eigenvalue weighted by atomic mass is 10.2. The zero-order chi connectivity index (χ0) is 22.5. The van der Waals surface area contributed by atoms with Crippen molar-refractivity contribution in [2.45, 2.75) is 6.92 Å². The summed E-state index contributed by atoms with van der Waals surface area (Å²) in [6.07, 6.45) is 2.94. The number of benzene rings is 2. The Morgan fingerprint density at radius 1 is 1.00 bits per heavy atom. The molecule has 1 N–H and O–H groups in total. The maximum Gasteiger partial charge on any atom is 0.250 e. The van der Waals surface area contributed by atoms with Crippen LogP contribution < -0.4 is 10.2 Å². The Hall–Kier alpha value is -3.69. The largest absolute Gasteiger partial charge is 0.298 e. The third-order valence-electron chi connectivity index (χ3n) is 4.31. The van der Waals surface area contributed by atoms with Crippen molar-refractivity contribution in [2.75, 3.05) is 10.2 Å². The first kappa shape index (κ1) is 21.5. The number of carbonyl (C=O) groups is 2. The van der Waals surface area contributed by atoms with Crippen LogP contribution >= 0.6 is 22.7 Å². The van der Waals surface area contributed by atoms with Gasteiger partial charge in [-0.05, 0) is 42.5 Å². The zero-order valence-corrected chi connectivity index (χ0v) is 18.5. The molecular weight excluding hydrogens is 447 g/mol. The smallest absolute Gasteiger partial charge is 0.250 e. The van der Waals surface area contributed by atoms with Gasteiger partial charge in [0.05, 0.1) is 17.1 Å². The molecule has 2 aromatic carbocycles. The van der Waals surface area contributed by atoms with Crippen molar-refractivity contribution in [1.82, 2.24) is 9.97 Å². The molecule has 0 spiro atoms. The Labute approximate surface area is 191 Å². The topological polar surface area (TPSA) is 75.2 Å². The molecule has 9 heteroatoms. The molecule has 0 saturated heterocycles. The fourth-order valence-corrected chi connectivity index (χ4v) is 4.43. The normalized spacial score (nSPS) is 10.9. The number of carbonyl (C=O) groups excluding carboxylic acids is 2. The second-order valence-corrected chi connectivity index (χ2v) is 8.31. The Balaban J connectivity index is 1.42. The molecule has 160 valence electrons. The predicted molar refractivity (Wildman–Crippen MR) is 127 cm³/mol. The van der Waals surface area contributed by atoms with Crippen LogP contribution in [0.4, 0.5) is 20.3 Å². The molecule has 0 radical (unpaired) electrons. The molecule has 2 aromatic heterocycles. The van der Waals surface area contributed by atoms with E-state index in [1.54, 1.807) is 29.0 Å². The molecule has 32 heavy (non-hydrogen) atoms. The lowest BCUT2D eigenvalue weighted by Gasteiger charge is -2.17. The Bertz CT molecular complexity index is 1270. The molecule has 0 atom stereocenters. The third kappa shape index (κ3) is 5.13. The SMILES string of the molecule is CC(=O)N(c1ccccc1)c1nc(/C=C/C(=O)Nc2nc(-c3ccc(F)cc3)cs2)cs1. The lowest BCUT2D eigenvalue weighted by Crippen LogP contribution is -2.22. The van der Waals surface area contributed by atoms with E-state index in [9.17, 15) is 14.0 Å². The molecule has 0 aliphatic heterocycles. The number of nitrogens with one attached hydrogen (secondary N) is 1. The molecule has 0 fully saturated rings. The van der Waals surface area contributed by atoms with E-state index in [1.807, 2.05) is 30.3 Å². The average Bonchev–Trinajstić information content (AvgIpc) is 3.43. The molecule has 0 unspecified atom stereocenters. The fraction of sp³-hybridized carbons (Fsp3) is 0.0435. The molecule has 2 amide bonds. The van der Waals surface area contributed by atoms with Crippen LogP contribution in [0.3, 0.4) is 0 Å². The Kier molecular flexibility index (Phi) is 6.48. The van der Waals surface area contributed by atoms with E-state index in [1.165, 1.54) is 52.7 Å².